The van der Waals surface area contributed by atoms with E-state index in [9.17, 15) is 14.4 Å². The van der Waals surface area contributed by atoms with Crippen LogP contribution in [0.5, 0.6) is 0 Å². The Morgan fingerprint density at radius 1 is 1.16 bits per heavy atom. The van der Waals surface area contributed by atoms with Crippen LogP contribution in [-0.2, 0) is 9.59 Å². The molecule has 1 aliphatic rings. The first-order valence-electron chi connectivity index (χ1n) is 10.6. The molecular weight excluding hydrogens is 426 g/mol. The fourth-order valence-electron chi connectivity index (χ4n) is 3.92. The fourth-order valence-corrected chi connectivity index (χ4v) is 5.13. The van der Waals surface area contributed by atoms with E-state index < -0.39 is 12.1 Å². The molecule has 2 heterocycles. The number of carbonyl (C=O) groups is 3. The molecule has 4 rings (SSSR count). The smallest absolute Gasteiger partial charge is 0.266 e. The molecule has 0 saturated carbocycles. The quantitative estimate of drug-likeness (QED) is 0.551. The molecule has 1 N–H and O–H groups in total. The van der Waals surface area contributed by atoms with Crippen LogP contribution >= 0.6 is 11.8 Å². The number of amides is 2. The average molecular weight is 452 g/mol. The van der Waals surface area contributed by atoms with Crippen LogP contribution in [0.4, 0.5) is 0 Å². The van der Waals surface area contributed by atoms with Crippen LogP contribution in [0.25, 0.3) is 11.1 Å². The van der Waals surface area contributed by atoms with Crippen LogP contribution in [-0.4, -0.2) is 51.4 Å². The molecule has 1 fully saturated rings. The van der Waals surface area contributed by atoms with Crippen LogP contribution in [0.15, 0.2) is 63.9 Å². The molecule has 1 aromatic heterocycles. The number of rotatable bonds is 7. The minimum atomic E-state index is -0.773. The van der Waals surface area contributed by atoms with Gasteiger partial charge in [-0.3, -0.25) is 14.4 Å². The Morgan fingerprint density at radius 3 is 2.56 bits per heavy atom. The lowest BCUT2D eigenvalue weighted by Gasteiger charge is -2.24. The van der Waals surface area contributed by atoms with Gasteiger partial charge in [-0.1, -0.05) is 37.3 Å². The molecular formula is C24H25N3O4S. The minimum absolute atomic E-state index is 0.0225. The van der Waals surface area contributed by atoms with E-state index in [-0.39, 0.29) is 28.7 Å². The topological polar surface area (TPSA) is 92.5 Å². The molecule has 0 bridgehead atoms. The normalized spacial score (nSPS) is 19.1. The number of nitrogens with one attached hydrogen (secondary N) is 1. The number of Topliss-reactive ketones (excluding diaryl/α,β-unsaturated/α-hetero) is 1. The number of oxazole rings is 1. The summed E-state index contributed by atoms with van der Waals surface area (Å²) in [5.41, 5.74) is 1.12. The number of benzene rings is 2. The van der Waals surface area contributed by atoms with Gasteiger partial charge < -0.3 is 14.6 Å². The maximum atomic E-state index is 13.1. The number of hydrogen-bond donors (Lipinski definition) is 1. The summed E-state index contributed by atoms with van der Waals surface area (Å²) >= 11 is 1.66. The van der Waals surface area contributed by atoms with Gasteiger partial charge >= 0.3 is 0 Å². The molecule has 1 unspecified atom stereocenters. The maximum absolute atomic E-state index is 13.1. The van der Waals surface area contributed by atoms with E-state index in [2.05, 4.69) is 10.3 Å². The van der Waals surface area contributed by atoms with E-state index in [0.717, 1.165) is 4.90 Å². The SMILES string of the molecule is CCC(NC(=O)[C@@H]1C[C@@H](Sc2ccccc2)CN1C(C)=O)C(=O)c1nc2ccccc2o1. The summed E-state index contributed by atoms with van der Waals surface area (Å²) in [6.07, 6.45) is 0.913. The van der Waals surface area contributed by atoms with Gasteiger partial charge in [0.25, 0.3) is 5.89 Å². The Hall–Kier alpha value is -3.13. The summed E-state index contributed by atoms with van der Waals surface area (Å²) in [5, 5.41) is 2.93. The third-order valence-corrected chi connectivity index (χ3v) is 6.78. The number of fused-ring (bicyclic) bond motifs is 1. The van der Waals surface area contributed by atoms with Crippen molar-refractivity contribution < 1.29 is 18.8 Å². The molecule has 166 valence electrons. The summed E-state index contributed by atoms with van der Waals surface area (Å²) < 4.78 is 5.58. The molecule has 0 aliphatic carbocycles. The largest absolute Gasteiger partial charge is 0.434 e. The molecule has 32 heavy (non-hydrogen) atoms. The van der Waals surface area contributed by atoms with Gasteiger partial charge in [-0.05, 0) is 37.1 Å². The zero-order valence-corrected chi connectivity index (χ0v) is 18.8. The minimum Gasteiger partial charge on any atom is -0.434 e. The van der Waals surface area contributed by atoms with Gasteiger partial charge in [-0.15, -0.1) is 11.8 Å². The highest BCUT2D eigenvalue weighted by atomic mass is 32.2. The molecule has 1 saturated heterocycles. The van der Waals surface area contributed by atoms with Gasteiger partial charge in [0.15, 0.2) is 5.58 Å². The zero-order valence-electron chi connectivity index (χ0n) is 18.0. The van der Waals surface area contributed by atoms with Crippen molar-refractivity contribution in [2.24, 2.45) is 0 Å². The summed E-state index contributed by atoms with van der Waals surface area (Å²) in [4.78, 5) is 45.2. The first kappa shape index (κ1) is 22.1. The number of hydrogen-bond acceptors (Lipinski definition) is 6. The highest BCUT2D eigenvalue weighted by molar-refractivity contribution is 8.00. The van der Waals surface area contributed by atoms with Crippen molar-refractivity contribution in [1.29, 1.82) is 0 Å². The van der Waals surface area contributed by atoms with Crippen LogP contribution in [0, 0.1) is 0 Å². The Morgan fingerprint density at radius 2 is 1.88 bits per heavy atom. The highest BCUT2D eigenvalue weighted by Crippen LogP contribution is 2.33. The van der Waals surface area contributed by atoms with Crippen molar-refractivity contribution in [2.45, 2.75) is 48.9 Å². The zero-order chi connectivity index (χ0) is 22.7. The number of aromatic nitrogens is 1. The van der Waals surface area contributed by atoms with Crippen molar-refractivity contribution in [3.8, 4) is 0 Å². The Balaban J connectivity index is 1.46. The molecule has 2 amide bonds. The van der Waals surface area contributed by atoms with Gasteiger partial charge in [0.1, 0.15) is 11.6 Å². The summed E-state index contributed by atoms with van der Waals surface area (Å²) in [7, 11) is 0. The summed E-state index contributed by atoms with van der Waals surface area (Å²) in [5.74, 6) is -0.877. The van der Waals surface area contributed by atoms with E-state index >= 15 is 0 Å². The number of ketones is 1. The number of carbonyl (C=O) groups excluding carboxylic acids is 3. The van der Waals surface area contributed by atoms with Crippen molar-refractivity contribution in [3.63, 3.8) is 0 Å². The molecule has 3 aromatic rings. The molecule has 7 nitrogen and oxygen atoms in total. The predicted octanol–water partition coefficient (Wildman–Crippen LogP) is 3.69. The first-order chi connectivity index (χ1) is 15.5. The second kappa shape index (κ2) is 9.56. The molecule has 3 atom stereocenters. The first-order valence-corrected chi connectivity index (χ1v) is 11.5. The van der Waals surface area contributed by atoms with E-state index in [1.807, 2.05) is 43.3 Å². The lowest BCUT2D eigenvalue weighted by Crippen LogP contribution is -2.50. The van der Waals surface area contributed by atoms with Gasteiger partial charge in [0.05, 0.1) is 6.04 Å². The lowest BCUT2D eigenvalue weighted by atomic mass is 10.1. The van der Waals surface area contributed by atoms with Crippen LogP contribution in [0.1, 0.15) is 37.4 Å². The number of thioether (sulfide) groups is 1. The van der Waals surface area contributed by atoms with E-state index in [1.54, 1.807) is 34.9 Å². The van der Waals surface area contributed by atoms with Gasteiger partial charge in [0, 0.05) is 23.6 Å². The van der Waals surface area contributed by atoms with E-state index in [0.29, 0.717) is 30.5 Å². The fraction of sp³-hybridized carbons (Fsp3) is 0.333. The Labute approximate surface area is 190 Å². The molecule has 1 aliphatic heterocycles. The number of likely N-dealkylation sites (tertiary alicyclic amines) is 1. The van der Waals surface area contributed by atoms with Crippen molar-refractivity contribution in [2.75, 3.05) is 6.54 Å². The van der Waals surface area contributed by atoms with Crippen molar-refractivity contribution >= 4 is 40.5 Å². The number of para-hydroxylation sites is 2. The second-order valence-electron chi connectivity index (χ2n) is 7.80. The third-order valence-electron chi connectivity index (χ3n) is 5.56. The van der Waals surface area contributed by atoms with Gasteiger partial charge in [-0.2, -0.15) is 0 Å². The predicted molar refractivity (Wildman–Crippen MR) is 122 cm³/mol. The maximum Gasteiger partial charge on any atom is 0.266 e. The summed E-state index contributed by atoms with van der Waals surface area (Å²) in [6, 6.07) is 15.7. The van der Waals surface area contributed by atoms with Crippen molar-refractivity contribution in [3.05, 3.63) is 60.5 Å². The standard InChI is InChI=1S/C24H25N3O4S/c1-3-18(22(29)24-26-19-11-7-8-12-21(19)31-24)25-23(30)20-13-17(14-27(20)15(2)28)32-16-9-5-4-6-10-16/h4-12,17-18,20H,3,13-14H2,1-2H3,(H,25,30)/t17-,18?,20+/m1/s1. The Bertz CT molecular complexity index is 1100. The van der Waals surface area contributed by atoms with Gasteiger partial charge in [-0.25, -0.2) is 4.98 Å². The lowest BCUT2D eigenvalue weighted by molar-refractivity contribution is -0.137. The van der Waals surface area contributed by atoms with Crippen LogP contribution < -0.4 is 5.32 Å². The van der Waals surface area contributed by atoms with Crippen LogP contribution in [0.3, 0.4) is 0 Å². The van der Waals surface area contributed by atoms with Gasteiger partial charge in [0.2, 0.25) is 17.6 Å². The van der Waals surface area contributed by atoms with Crippen LogP contribution in [0.2, 0.25) is 0 Å². The third kappa shape index (κ3) is 4.70. The second-order valence-corrected chi connectivity index (χ2v) is 9.17. The highest BCUT2D eigenvalue weighted by Gasteiger charge is 2.40. The average Bonchev–Trinajstić information content (AvgIpc) is 3.42. The molecule has 0 spiro atoms. The molecule has 8 heteroatoms. The molecule has 0 radical (unpaired) electrons. The monoisotopic (exact) mass is 451 g/mol. The van der Waals surface area contributed by atoms with E-state index in [4.69, 9.17) is 4.42 Å². The molecule has 2 aromatic carbocycles. The summed E-state index contributed by atoms with van der Waals surface area (Å²) in [6.45, 7) is 3.77. The Kier molecular flexibility index (Phi) is 6.60. The van der Waals surface area contributed by atoms with E-state index in [1.165, 1.54) is 6.92 Å². The van der Waals surface area contributed by atoms with Crippen molar-refractivity contribution in [1.82, 2.24) is 15.2 Å². The number of nitrogens with zero attached hydrogens (tertiary/aromatic N) is 2.